The number of carbonyl (C=O) groups excluding carboxylic acids is 1. The van der Waals surface area contributed by atoms with Crippen molar-refractivity contribution < 1.29 is 9.53 Å². The largest absolute Gasteiger partial charge is 0.444 e. The van der Waals surface area contributed by atoms with Crippen LogP contribution in [0.2, 0.25) is 0 Å². The fourth-order valence-electron chi connectivity index (χ4n) is 1.14. The summed E-state index contributed by atoms with van der Waals surface area (Å²) in [6, 6.07) is 0.438. The number of carbonyl (C=O) groups is 1. The fraction of sp³-hybridized carbons (Fsp3) is 0.909. The molecule has 4 nitrogen and oxygen atoms in total. The molecule has 0 aromatic rings. The third kappa shape index (κ3) is 5.02. The number of nitrogens with one attached hydrogen (secondary N) is 1. The van der Waals surface area contributed by atoms with Crippen LogP contribution < -0.4 is 5.32 Å². The molecule has 1 amide bonds. The van der Waals surface area contributed by atoms with Crippen LogP contribution in [0, 0.1) is 0 Å². The molecule has 0 atom stereocenters. The quantitative estimate of drug-likeness (QED) is 0.727. The van der Waals surface area contributed by atoms with Gasteiger partial charge in [-0.05, 0) is 27.8 Å². The van der Waals surface area contributed by atoms with Gasteiger partial charge in [-0.3, -0.25) is 0 Å². The van der Waals surface area contributed by atoms with E-state index in [4.69, 9.17) is 4.74 Å². The van der Waals surface area contributed by atoms with Gasteiger partial charge in [-0.2, -0.15) is 0 Å². The molecule has 1 fully saturated rings. The van der Waals surface area contributed by atoms with Gasteiger partial charge in [0.2, 0.25) is 0 Å². The van der Waals surface area contributed by atoms with Crippen LogP contribution in [0.5, 0.6) is 0 Å². The second kappa shape index (κ2) is 5.95. The second-order valence-corrected chi connectivity index (χ2v) is 4.37. The van der Waals surface area contributed by atoms with E-state index < -0.39 is 0 Å². The zero-order valence-corrected chi connectivity index (χ0v) is 10.8. The molecule has 0 unspecified atom stereocenters. The lowest BCUT2D eigenvalue weighted by atomic mass is 10.1. The summed E-state index contributed by atoms with van der Waals surface area (Å²) >= 11 is 0. The lowest BCUT2D eigenvalue weighted by molar-refractivity contribution is 0.00610. The SMILES string of the molecule is CC.CNC1CN(C(=O)OC(C)(C)C)C1. The Bertz CT molecular complexity index is 193. The minimum atomic E-state index is -0.387. The summed E-state index contributed by atoms with van der Waals surface area (Å²) in [5, 5.41) is 3.10. The van der Waals surface area contributed by atoms with Gasteiger partial charge in [-0.25, -0.2) is 4.79 Å². The molecule has 1 rings (SSSR count). The summed E-state index contributed by atoms with van der Waals surface area (Å²) < 4.78 is 5.19. The molecule has 0 radical (unpaired) electrons. The van der Waals surface area contributed by atoms with Gasteiger partial charge >= 0.3 is 6.09 Å². The Morgan fingerprint density at radius 3 is 2.13 bits per heavy atom. The summed E-state index contributed by atoms with van der Waals surface area (Å²) in [4.78, 5) is 13.1. The molecular weight excluding hydrogens is 192 g/mol. The highest BCUT2D eigenvalue weighted by Crippen LogP contribution is 2.14. The van der Waals surface area contributed by atoms with E-state index in [9.17, 15) is 4.79 Å². The number of hydrogen-bond donors (Lipinski definition) is 1. The van der Waals surface area contributed by atoms with Gasteiger partial charge in [-0.1, -0.05) is 13.8 Å². The van der Waals surface area contributed by atoms with Crippen molar-refractivity contribution in [3.63, 3.8) is 0 Å². The van der Waals surface area contributed by atoms with Crippen LogP contribution in [-0.2, 0) is 4.74 Å². The van der Waals surface area contributed by atoms with Gasteiger partial charge in [0.15, 0.2) is 0 Å². The van der Waals surface area contributed by atoms with Crippen molar-refractivity contribution in [3.8, 4) is 0 Å². The third-order valence-electron chi connectivity index (χ3n) is 1.94. The lowest BCUT2D eigenvalue weighted by Crippen LogP contribution is -2.59. The van der Waals surface area contributed by atoms with Crippen LogP contribution in [0.3, 0.4) is 0 Å². The first kappa shape index (κ1) is 14.2. The van der Waals surface area contributed by atoms with Crippen LogP contribution in [0.1, 0.15) is 34.6 Å². The normalized spacial score (nSPS) is 16.3. The van der Waals surface area contributed by atoms with Crippen molar-refractivity contribution in [3.05, 3.63) is 0 Å². The second-order valence-electron chi connectivity index (χ2n) is 4.37. The highest BCUT2D eigenvalue weighted by molar-refractivity contribution is 5.69. The summed E-state index contributed by atoms with van der Waals surface area (Å²) in [7, 11) is 1.90. The maximum Gasteiger partial charge on any atom is 0.410 e. The topological polar surface area (TPSA) is 41.6 Å². The predicted octanol–water partition coefficient (Wildman–Crippen LogP) is 1.85. The first-order valence-corrected chi connectivity index (χ1v) is 5.57. The molecule has 0 aromatic heterocycles. The molecule has 1 aliphatic rings. The first-order valence-electron chi connectivity index (χ1n) is 5.57. The lowest BCUT2D eigenvalue weighted by Gasteiger charge is -2.39. The Morgan fingerprint density at radius 1 is 1.33 bits per heavy atom. The first-order chi connectivity index (χ1) is 6.92. The highest BCUT2D eigenvalue weighted by Gasteiger charge is 2.32. The molecule has 1 heterocycles. The highest BCUT2D eigenvalue weighted by atomic mass is 16.6. The maximum atomic E-state index is 11.4. The van der Waals surface area contributed by atoms with E-state index in [1.807, 2.05) is 41.7 Å². The van der Waals surface area contributed by atoms with Gasteiger partial charge in [0.25, 0.3) is 0 Å². The van der Waals surface area contributed by atoms with Crippen molar-refractivity contribution in [2.75, 3.05) is 20.1 Å². The van der Waals surface area contributed by atoms with E-state index >= 15 is 0 Å². The Morgan fingerprint density at radius 2 is 1.80 bits per heavy atom. The maximum absolute atomic E-state index is 11.4. The molecule has 0 spiro atoms. The summed E-state index contributed by atoms with van der Waals surface area (Å²) in [6.07, 6.45) is -0.209. The van der Waals surface area contributed by atoms with E-state index in [1.165, 1.54) is 0 Å². The van der Waals surface area contributed by atoms with Gasteiger partial charge < -0.3 is 15.0 Å². The van der Waals surface area contributed by atoms with Gasteiger partial charge in [0, 0.05) is 19.1 Å². The molecule has 0 aromatic carbocycles. The standard InChI is InChI=1S/C9H18N2O2.C2H6/c1-9(2,3)13-8(12)11-5-7(6-11)10-4;1-2/h7,10H,5-6H2,1-4H3;1-2H3. The van der Waals surface area contributed by atoms with Crippen molar-refractivity contribution in [1.82, 2.24) is 10.2 Å². The van der Waals surface area contributed by atoms with Crippen LogP contribution in [0.4, 0.5) is 4.79 Å². The monoisotopic (exact) mass is 216 g/mol. The predicted molar refractivity (Wildman–Crippen MR) is 62.0 cm³/mol. The van der Waals surface area contributed by atoms with Crippen LogP contribution in [-0.4, -0.2) is 42.8 Å². The molecule has 0 aliphatic carbocycles. The molecular formula is C11H24N2O2. The summed E-state index contributed by atoms with van der Waals surface area (Å²) in [5.41, 5.74) is -0.387. The number of hydrogen-bond acceptors (Lipinski definition) is 3. The molecule has 90 valence electrons. The molecule has 0 saturated carbocycles. The Balaban J connectivity index is 0.000000921. The zero-order valence-electron chi connectivity index (χ0n) is 10.8. The van der Waals surface area contributed by atoms with E-state index in [1.54, 1.807) is 4.90 Å². The Labute approximate surface area is 93.0 Å². The van der Waals surface area contributed by atoms with Gasteiger partial charge in [0.05, 0.1) is 0 Å². The smallest absolute Gasteiger partial charge is 0.410 e. The average molecular weight is 216 g/mol. The van der Waals surface area contributed by atoms with Crippen molar-refractivity contribution in [1.29, 1.82) is 0 Å². The number of ether oxygens (including phenoxy) is 1. The Hall–Kier alpha value is -0.770. The number of nitrogens with zero attached hydrogens (tertiary/aromatic N) is 1. The van der Waals surface area contributed by atoms with Gasteiger partial charge in [-0.15, -0.1) is 0 Å². The van der Waals surface area contributed by atoms with E-state index in [0.29, 0.717) is 6.04 Å². The van der Waals surface area contributed by atoms with E-state index in [0.717, 1.165) is 13.1 Å². The van der Waals surface area contributed by atoms with E-state index in [-0.39, 0.29) is 11.7 Å². The average Bonchev–Trinajstić information content (AvgIpc) is 2.02. The van der Waals surface area contributed by atoms with Gasteiger partial charge in [0.1, 0.15) is 5.60 Å². The molecule has 0 bridgehead atoms. The minimum absolute atomic E-state index is 0.209. The van der Waals surface area contributed by atoms with E-state index in [2.05, 4.69) is 5.32 Å². The third-order valence-corrected chi connectivity index (χ3v) is 1.94. The zero-order chi connectivity index (χ0) is 12.1. The molecule has 1 aliphatic heterocycles. The van der Waals surface area contributed by atoms with Crippen molar-refractivity contribution in [2.24, 2.45) is 0 Å². The summed E-state index contributed by atoms with van der Waals surface area (Å²) in [6.45, 7) is 11.1. The number of rotatable bonds is 1. The van der Waals surface area contributed by atoms with Crippen molar-refractivity contribution >= 4 is 6.09 Å². The minimum Gasteiger partial charge on any atom is -0.444 e. The van der Waals surface area contributed by atoms with Crippen LogP contribution >= 0.6 is 0 Å². The van der Waals surface area contributed by atoms with Crippen molar-refractivity contribution in [2.45, 2.75) is 46.3 Å². The number of likely N-dealkylation sites (N-methyl/N-ethyl adjacent to an activating group) is 1. The molecule has 1 N–H and O–H groups in total. The van der Waals surface area contributed by atoms with Crippen LogP contribution in [0.15, 0.2) is 0 Å². The molecule has 4 heteroatoms. The molecule has 15 heavy (non-hydrogen) atoms. The fourth-order valence-corrected chi connectivity index (χ4v) is 1.14. The van der Waals surface area contributed by atoms with Crippen LogP contribution in [0.25, 0.3) is 0 Å². The number of amides is 1. The Kier molecular flexibility index (Phi) is 5.65. The number of likely N-dealkylation sites (tertiary alicyclic amines) is 1. The summed E-state index contributed by atoms with van der Waals surface area (Å²) in [5.74, 6) is 0. The molecule has 1 saturated heterocycles.